The third-order valence-electron chi connectivity index (χ3n) is 5.28. The van der Waals surface area contributed by atoms with Gasteiger partial charge in [0.15, 0.2) is 0 Å². The number of sulfonamides is 2. The maximum absolute atomic E-state index is 13.1. The van der Waals surface area contributed by atoms with Crippen molar-refractivity contribution in [3.05, 3.63) is 48.5 Å². The Bertz CT molecular complexity index is 1130. The second kappa shape index (κ2) is 8.97. The molecule has 168 valence electrons. The fraction of sp³-hybridized carbons (Fsp3) is 0.381. The number of carbonyl (C=O) groups excluding carboxylic acids is 1. The Labute approximate surface area is 183 Å². The number of piperidine rings is 1. The number of anilines is 2. The van der Waals surface area contributed by atoms with Crippen molar-refractivity contribution in [3.63, 3.8) is 0 Å². The topological polar surface area (TPSA) is 113 Å². The van der Waals surface area contributed by atoms with Crippen molar-refractivity contribution in [1.29, 1.82) is 0 Å². The van der Waals surface area contributed by atoms with Gasteiger partial charge in [-0.2, -0.15) is 4.31 Å². The number of hydrogen-bond acceptors (Lipinski definition) is 5. The van der Waals surface area contributed by atoms with E-state index >= 15 is 0 Å². The summed E-state index contributed by atoms with van der Waals surface area (Å²) in [5.41, 5.74) is 0.742. The molecular weight excluding hydrogens is 438 g/mol. The number of amides is 1. The molecule has 1 aliphatic heterocycles. The molecule has 0 saturated carbocycles. The molecule has 2 N–H and O–H groups in total. The average Bonchev–Trinajstić information content (AvgIpc) is 2.68. The molecule has 1 aliphatic rings. The van der Waals surface area contributed by atoms with Gasteiger partial charge in [0.25, 0.3) is 10.0 Å². The lowest BCUT2D eigenvalue weighted by molar-refractivity contribution is -0.114. The first-order chi connectivity index (χ1) is 14.5. The number of nitrogens with one attached hydrogen (secondary N) is 2. The molecule has 0 spiro atoms. The van der Waals surface area contributed by atoms with Gasteiger partial charge in [-0.15, -0.1) is 0 Å². The molecule has 1 saturated heterocycles. The Morgan fingerprint density at radius 1 is 0.839 bits per heavy atom. The summed E-state index contributed by atoms with van der Waals surface area (Å²) < 4.78 is 55.4. The van der Waals surface area contributed by atoms with Gasteiger partial charge in [-0.25, -0.2) is 16.8 Å². The van der Waals surface area contributed by atoms with E-state index in [1.54, 1.807) is 4.31 Å². The molecule has 8 nitrogen and oxygen atoms in total. The van der Waals surface area contributed by atoms with Crippen molar-refractivity contribution in [3.8, 4) is 0 Å². The molecule has 2 aromatic rings. The van der Waals surface area contributed by atoms with Crippen LogP contribution in [0.3, 0.4) is 0 Å². The van der Waals surface area contributed by atoms with Crippen molar-refractivity contribution < 1.29 is 21.6 Å². The Morgan fingerprint density at radius 2 is 1.32 bits per heavy atom. The van der Waals surface area contributed by atoms with Gasteiger partial charge in [0.05, 0.1) is 9.79 Å². The Hall–Kier alpha value is -2.43. The van der Waals surface area contributed by atoms with E-state index in [1.165, 1.54) is 55.5 Å². The molecule has 1 amide bonds. The van der Waals surface area contributed by atoms with E-state index in [4.69, 9.17) is 0 Å². The standard InChI is InChI=1S/C21H27N3O5S2/c1-15-5-4-6-16(2)24(15)31(28,29)21-13-9-19(10-14-21)23-30(26,27)20-11-7-18(8-12-20)22-17(3)25/h7-16,23H,4-6H2,1-3H3,(H,22,25). The molecular formula is C21H27N3O5S2. The van der Waals surface area contributed by atoms with Crippen LogP contribution in [-0.2, 0) is 24.8 Å². The van der Waals surface area contributed by atoms with Crippen LogP contribution in [0.2, 0.25) is 0 Å². The summed E-state index contributed by atoms with van der Waals surface area (Å²) >= 11 is 0. The molecule has 1 fully saturated rings. The molecule has 2 unspecified atom stereocenters. The molecule has 0 bridgehead atoms. The monoisotopic (exact) mass is 465 g/mol. The highest BCUT2D eigenvalue weighted by atomic mass is 32.2. The number of carbonyl (C=O) groups is 1. The lowest BCUT2D eigenvalue weighted by Gasteiger charge is -2.37. The quantitative estimate of drug-likeness (QED) is 0.679. The fourth-order valence-electron chi connectivity index (χ4n) is 3.82. The Morgan fingerprint density at radius 3 is 1.84 bits per heavy atom. The number of nitrogens with zero attached hydrogens (tertiary/aromatic N) is 1. The van der Waals surface area contributed by atoms with Crippen LogP contribution in [0, 0.1) is 0 Å². The number of rotatable bonds is 6. The molecule has 31 heavy (non-hydrogen) atoms. The van der Waals surface area contributed by atoms with Crippen LogP contribution >= 0.6 is 0 Å². The van der Waals surface area contributed by atoms with Crippen molar-refractivity contribution >= 4 is 37.3 Å². The van der Waals surface area contributed by atoms with Gasteiger partial charge in [-0.05, 0) is 75.2 Å². The van der Waals surface area contributed by atoms with Crippen LogP contribution in [0.1, 0.15) is 40.0 Å². The maximum Gasteiger partial charge on any atom is 0.261 e. The van der Waals surface area contributed by atoms with Gasteiger partial charge < -0.3 is 5.32 Å². The van der Waals surface area contributed by atoms with Gasteiger partial charge in [0.1, 0.15) is 0 Å². The molecule has 3 rings (SSSR count). The summed E-state index contributed by atoms with van der Waals surface area (Å²) in [4.78, 5) is 11.2. The summed E-state index contributed by atoms with van der Waals surface area (Å²) in [5, 5.41) is 2.57. The van der Waals surface area contributed by atoms with Crippen molar-refractivity contribution in [2.24, 2.45) is 0 Å². The van der Waals surface area contributed by atoms with E-state index in [0.29, 0.717) is 5.69 Å². The van der Waals surface area contributed by atoms with Crippen molar-refractivity contribution in [2.75, 3.05) is 10.0 Å². The molecule has 2 aromatic carbocycles. The predicted octanol–water partition coefficient (Wildman–Crippen LogP) is 3.40. The fourth-order valence-corrected chi connectivity index (χ4v) is 6.76. The van der Waals surface area contributed by atoms with E-state index in [0.717, 1.165) is 19.3 Å². The third-order valence-corrected chi connectivity index (χ3v) is 8.82. The lowest BCUT2D eigenvalue weighted by Crippen LogP contribution is -2.47. The van der Waals surface area contributed by atoms with E-state index < -0.39 is 20.0 Å². The zero-order valence-electron chi connectivity index (χ0n) is 17.7. The van der Waals surface area contributed by atoms with Crippen LogP contribution in [-0.4, -0.2) is 39.1 Å². The first kappa shape index (κ1) is 23.2. The lowest BCUT2D eigenvalue weighted by atomic mass is 10.0. The molecule has 10 heteroatoms. The average molecular weight is 466 g/mol. The van der Waals surface area contributed by atoms with Crippen molar-refractivity contribution in [1.82, 2.24) is 4.31 Å². The molecule has 1 heterocycles. The minimum absolute atomic E-state index is 0.0225. The minimum Gasteiger partial charge on any atom is -0.326 e. The molecule has 0 aliphatic carbocycles. The van der Waals surface area contributed by atoms with Crippen LogP contribution in [0.15, 0.2) is 58.3 Å². The highest BCUT2D eigenvalue weighted by molar-refractivity contribution is 7.92. The third kappa shape index (κ3) is 5.25. The maximum atomic E-state index is 13.1. The summed E-state index contributed by atoms with van der Waals surface area (Å²) in [6.45, 7) is 5.18. The van der Waals surface area contributed by atoms with Crippen LogP contribution in [0.25, 0.3) is 0 Å². The minimum atomic E-state index is -3.87. The second-order valence-corrected chi connectivity index (χ2v) is 11.3. The largest absolute Gasteiger partial charge is 0.326 e. The van der Waals surface area contributed by atoms with E-state index in [9.17, 15) is 21.6 Å². The molecule has 2 atom stereocenters. The van der Waals surface area contributed by atoms with Gasteiger partial charge in [0.2, 0.25) is 15.9 Å². The van der Waals surface area contributed by atoms with Gasteiger partial charge in [0, 0.05) is 30.4 Å². The first-order valence-electron chi connectivity index (χ1n) is 10.0. The second-order valence-electron chi connectivity index (χ2n) is 7.80. The van der Waals surface area contributed by atoms with Crippen molar-refractivity contribution in [2.45, 2.75) is 61.9 Å². The molecule has 0 aromatic heterocycles. The van der Waals surface area contributed by atoms with E-state index in [2.05, 4.69) is 10.0 Å². The predicted molar refractivity (Wildman–Crippen MR) is 120 cm³/mol. The normalized spacial score (nSPS) is 20.2. The summed E-state index contributed by atoms with van der Waals surface area (Å²) in [6, 6.07) is 11.3. The van der Waals surface area contributed by atoms with Crippen LogP contribution in [0.4, 0.5) is 11.4 Å². The van der Waals surface area contributed by atoms with Gasteiger partial charge >= 0.3 is 0 Å². The zero-order valence-corrected chi connectivity index (χ0v) is 19.3. The van der Waals surface area contributed by atoms with Gasteiger partial charge in [-0.3, -0.25) is 9.52 Å². The Balaban J connectivity index is 1.77. The van der Waals surface area contributed by atoms with Crippen LogP contribution in [0.5, 0.6) is 0 Å². The van der Waals surface area contributed by atoms with E-state index in [1.807, 2.05) is 13.8 Å². The molecule has 0 radical (unpaired) electrons. The summed E-state index contributed by atoms with van der Waals surface area (Å²) in [5.74, 6) is -0.253. The van der Waals surface area contributed by atoms with Crippen LogP contribution < -0.4 is 10.0 Å². The number of benzene rings is 2. The SMILES string of the molecule is CC(=O)Nc1ccc(S(=O)(=O)Nc2ccc(S(=O)(=O)N3C(C)CCCC3C)cc2)cc1. The highest BCUT2D eigenvalue weighted by Gasteiger charge is 2.35. The smallest absolute Gasteiger partial charge is 0.261 e. The van der Waals surface area contributed by atoms with Gasteiger partial charge in [-0.1, -0.05) is 6.42 Å². The summed E-state index contributed by atoms with van der Waals surface area (Å²) in [6.07, 6.45) is 2.64. The first-order valence-corrected chi connectivity index (χ1v) is 13.0. The highest BCUT2D eigenvalue weighted by Crippen LogP contribution is 2.30. The van der Waals surface area contributed by atoms with E-state index in [-0.39, 0.29) is 33.5 Å². The summed E-state index contributed by atoms with van der Waals surface area (Å²) in [7, 11) is -7.53. The zero-order chi connectivity index (χ0) is 22.8. The number of hydrogen-bond donors (Lipinski definition) is 2. The Kier molecular flexibility index (Phi) is 6.73.